The Hall–Kier alpha value is -3.25. The molecule has 2 aliphatic rings. The molecule has 2 aliphatic heterocycles. The summed E-state index contributed by atoms with van der Waals surface area (Å²) >= 11 is 1.34. The number of amides is 3. The maximum absolute atomic E-state index is 15.8. The molecule has 2 aromatic rings. The van der Waals surface area contributed by atoms with Crippen LogP contribution in [0.2, 0.25) is 0 Å². The highest BCUT2D eigenvalue weighted by molar-refractivity contribution is 7.13. The van der Waals surface area contributed by atoms with Crippen LogP contribution < -0.4 is 10.6 Å². The van der Waals surface area contributed by atoms with Crippen LogP contribution in [-0.2, 0) is 20.8 Å². The molecule has 4 heterocycles. The van der Waals surface area contributed by atoms with Crippen molar-refractivity contribution in [1.29, 1.82) is 0 Å². The Morgan fingerprint density at radius 1 is 1.31 bits per heavy atom. The first-order chi connectivity index (χ1) is 16.6. The molecule has 0 aromatic carbocycles. The molecule has 2 N–H and O–H groups in total. The lowest BCUT2D eigenvalue weighted by Crippen LogP contribution is -2.52. The van der Waals surface area contributed by atoms with Crippen LogP contribution in [0.25, 0.3) is 10.6 Å². The number of carbonyl (C=O) groups excluding carboxylic acids is 3. The van der Waals surface area contributed by atoms with E-state index in [-0.39, 0.29) is 35.8 Å². The molecule has 12 heteroatoms. The summed E-state index contributed by atoms with van der Waals surface area (Å²) in [6, 6.07) is 2.67. The van der Waals surface area contributed by atoms with Crippen molar-refractivity contribution in [1.82, 2.24) is 15.2 Å². The number of ether oxygens (including phenoxy) is 3. The monoisotopic (exact) mass is 506 g/mol. The second kappa shape index (κ2) is 9.78. The van der Waals surface area contributed by atoms with Crippen LogP contribution in [-0.4, -0.2) is 66.0 Å². The van der Waals surface area contributed by atoms with Gasteiger partial charge in [0.15, 0.2) is 11.6 Å². The molecule has 0 spiro atoms. The highest BCUT2D eigenvalue weighted by atomic mass is 32.1. The minimum Gasteiger partial charge on any atom is -0.453 e. The molecule has 1 saturated heterocycles. The van der Waals surface area contributed by atoms with Crippen molar-refractivity contribution >= 4 is 35.2 Å². The Labute approximate surface area is 205 Å². The Kier molecular flexibility index (Phi) is 6.95. The molecule has 10 nitrogen and oxygen atoms in total. The van der Waals surface area contributed by atoms with Crippen LogP contribution in [0.15, 0.2) is 17.5 Å². The Morgan fingerprint density at radius 3 is 2.74 bits per heavy atom. The maximum atomic E-state index is 15.8. The highest BCUT2D eigenvalue weighted by Gasteiger charge is 2.41. The normalized spacial score (nSPS) is 19.8. The van der Waals surface area contributed by atoms with E-state index in [0.717, 1.165) is 4.90 Å². The number of pyridine rings is 1. The quantitative estimate of drug-likeness (QED) is 0.643. The van der Waals surface area contributed by atoms with Gasteiger partial charge in [0, 0.05) is 12.2 Å². The third kappa shape index (κ3) is 5.22. The number of carbonyl (C=O) groups is 3. The molecule has 3 amide bonds. The van der Waals surface area contributed by atoms with Gasteiger partial charge in [-0.2, -0.15) is 0 Å². The number of hydrogen-bond acceptors (Lipinski definition) is 9. The van der Waals surface area contributed by atoms with E-state index in [1.165, 1.54) is 18.4 Å². The standard InChI is InChI=1S/C23H27FN4O6S/c1-23(2,3)34-22(31)28-10-12-16(20(28)29)18(15-6-5-9-35-15)27-19(17(12)24)25-13-7-8-33-11-14(13)26-21(30)32-4/h5-6,9,13-14H,7-8,10-11H2,1-4H3,(H,25,27)(H,26,30)/t13-,14+/m1/s1. The lowest BCUT2D eigenvalue weighted by atomic mass is 10.0. The van der Waals surface area contributed by atoms with Gasteiger partial charge in [-0.25, -0.2) is 23.9 Å². The predicted molar refractivity (Wildman–Crippen MR) is 126 cm³/mol. The summed E-state index contributed by atoms with van der Waals surface area (Å²) < 4.78 is 31.2. The lowest BCUT2D eigenvalue weighted by Gasteiger charge is -2.32. The third-order valence-corrected chi connectivity index (χ3v) is 6.42. The highest BCUT2D eigenvalue weighted by Crippen LogP contribution is 2.38. The zero-order chi connectivity index (χ0) is 25.3. The zero-order valence-corrected chi connectivity index (χ0v) is 20.7. The number of halogens is 1. The Balaban J connectivity index is 1.71. The van der Waals surface area contributed by atoms with E-state index in [1.54, 1.807) is 32.9 Å². The van der Waals surface area contributed by atoms with Gasteiger partial charge in [0.2, 0.25) is 0 Å². The van der Waals surface area contributed by atoms with Gasteiger partial charge < -0.3 is 24.8 Å². The number of alkyl carbamates (subject to hydrolysis) is 1. The molecular weight excluding hydrogens is 479 g/mol. The minimum atomic E-state index is -0.850. The number of methoxy groups -OCH3 is 1. The van der Waals surface area contributed by atoms with Gasteiger partial charge in [0.05, 0.1) is 48.5 Å². The van der Waals surface area contributed by atoms with Gasteiger partial charge in [0.1, 0.15) is 5.60 Å². The Bertz CT molecular complexity index is 1130. The number of thiophene rings is 1. The van der Waals surface area contributed by atoms with Crippen LogP contribution in [0.5, 0.6) is 0 Å². The van der Waals surface area contributed by atoms with E-state index < -0.39 is 41.6 Å². The van der Waals surface area contributed by atoms with Crippen molar-refractivity contribution in [3.63, 3.8) is 0 Å². The predicted octanol–water partition coefficient (Wildman–Crippen LogP) is 3.77. The largest absolute Gasteiger partial charge is 0.453 e. The van der Waals surface area contributed by atoms with Crippen LogP contribution in [0, 0.1) is 5.82 Å². The van der Waals surface area contributed by atoms with Crippen molar-refractivity contribution in [3.05, 3.63) is 34.5 Å². The number of fused-ring (bicyclic) bond motifs is 1. The summed E-state index contributed by atoms with van der Waals surface area (Å²) in [5.41, 5.74) is -0.444. The summed E-state index contributed by atoms with van der Waals surface area (Å²) in [4.78, 5) is 43.7. The van der Waals surface area contributed by atoms with Crippen molar-refractivity contribution < 1.29 is 33.0 Å². The van der Waals surface area contributed by atoms with Crippen LogP contribution in [0.1, 0.15) is 43.1 Å². The first-order valence-electron chi connectivity index (χ1n) is 11.1. The van der Waals surface area contributed by atoms with Crippen molar-refractivity contribution in [2.24, 2.45) is 0 Å². The fraction of sp³-hybridized carbons (Fsp3) is 0.478. The second-order valence-electron chi connectivity index (χ2n) is 9.18. The molecule has 4 rings (SSSR count). The summed E-state index contributed by atoms with van der Waals surface area (Å²) in [5.74, 6) is -1.47. The molecular formula is C23H27FN4O6S. The van der Waals surface area contributed by atoms with Gasteiger partial charge in [-0.15, -0.1) is 11.3 Å². The van der Waals surface area contributed by atoms with Crippen LogP contribution in [0.4, 0.5) is 19.8 Å². The van der Waals surface area contributed by atoms with E-state index in [2.05, 4.69) is 20.4 Å². The van der Waals surface area contributed by atoms with E-state index in [4.69, 9.17) is 9.47 Å². The maximum Gasteiger partial charge on any atom is 0.417 e. The second-order valence-corrected chi connectivity index (χ2v) is 10.1. The van der Waals surface area contributed by atoms with Crippen molar-refractivity contribution in [2.75, 3.05) is 25.6 Å². The minimum absolute atomic E-state index is 0.0394. The van der Waals surface area contributed by atoms with Crippen LogP contribution in [0.3, 0.4) is 0 Å². The van der Waals surface area contributed by atoms with E-state index in [0.29, 0.717) is 17.9 Å². The average Bonchev–Trinajstić information content (AvgIpc) is 3.44. The summed E-state index contributed by atoms with van der Waals surface area (Å²) in [6.07, 6.45) is -1.01. The van der Waals surface area contributed by atoms with Crippen molar-refractivity contribution in [3.8, 4) is 10.6 Å². The van der Waals surface area contributed by atoms with Crippen LogP contribution >= 0.6 is 11.3 Å². The molecule has 0 aliphatic carbocycles. The number of imide groups is 1. The smallest absolute Gasteiger partial charge is 0.417 e. The van der Waals surface area contributed by atoms with Gasteiger partial charge in [-0.05, 0) is 38.6 Å². The summed E-state index contributed by atoms with van der Waals surface area (Å²) in [6.45, 7) is 5.40. The summed E-state index contributed by atoms with van der Waals surface area (Å²) in [7, 11) is 1.25. The van der Waals surface area contributed by atoms with Gasteiger partial charge >= 0.3 is 12.2 Å². The van der Waals surface area contributed by atoms with Gasteiger partial charge in [0.25, 0.3) is 5.91 Å². The van der Waals surface area contributed by atoms with E-state index in [1.807, 2.05) is 5.38 Å². The molecule has 0 radical (unpaired) electrons. The zero-order valence-electron chi connectivity index (χ0n) is 19.8. The van der Waals surface area contributed by atoms with E-state index >= 15 is 4.39 Å². The fourth-order valence-corrected chi connectivity index (χ4v) is 4.67. The molecule has 0 unspecified atom stereocenters. The Morgan fingerprint density at radius 2 is 2.09 bits per heavy atom. The first-order valence-corrected chi connectivity index (χ1v) is 12.0. The number of nitrogens with one attached hydrogen (secondary N) is 2. The number of nitrogens with zero attached hydrogens (tertiary/aromatic N) is 2. The number of rotatable bonds is 4. The molecule has 2 aromatic heterocycles. The first kappa shape index (κ1) is 24.9. The third-order valence-electron chi connectivity index (χ3n) is 5.55. The SMILES string of the molecule is COC(=O)N[C@H]1COCC[C@H]1Nc1nc(-c2cccs2)c2c(c1F)CN(C(=O)OC(C)(C)C)C2=O. The number of hydrogen-bond donors (Lipinski definition) is 2. The molecule has 0 bridgehead atoms. The van der Waals surface area contributed by atoms with Gasteiger partial charge in [-0.1, -0.05) is 6.07 Å². The molecule has 1 fully saturated rings. The fourth-order valence-electron chi connectivity index (χ4n) is 3.95. The van der Waals surface area contributed by atoms with E-state index in [9.17, 15) is 14.4 Å². The number of aromatic nitrogens is 1. The molecule has 35 heavy (non-hydrogen) atoms. The van der Waals surface area contributed by atoms with Crippen molar-refractivity contribution in [2.45, 2.75) is 51.4 Å². The van der Waals surface area contributed by atoms with Gasteiger partial charge in [-0.3, -0.25) is 4.79 Å². The topological polar surface area (TPSA) is 119 Å². The molecule has 188 valence electrons. The molecule has 0 saturated carbocycles. The molecule has 2 atom stereocenters. The average molecular weight is 507 g/mol. The number of anilines is 1. The lowest BCUT2D eigenvalue weighted by molar-refractivity contribution is 0.0247. The summed E-state index contributed by atoms with van der Waals surface area (Å²) in [5, 5.41) is 7.58.